The molecule has 3 aromatic carbocycles. The van der Waals surface area contributed by atoms with Crippen molar-refractivity contribution in [3.05, 3.63) is 97.4 Å². The van der Waals surface area contributed by atoms with E-state index in [1.165, 1.54) is 37.4 Å². The summed E-state index contributed by atoms with van der Waals surface area (Å²) in [6.07, 6.45) is -4.83. The number of aromatic amines is 1. The summed E-state index contributed by atoms with van der Waals surface area (Å²) in [5.74, 6) is -3.70. The van der Waals surface area contributed by atoms with Crippen LogP contribution in [0, 0.1) is 5.92 Å². The first-order chi connectivity index (χ1) is 21.5. The molecule has 2 N–H and O–H groups in total. The molecule has 3 atom stereocenters. The monoisotopic (exact) mass is 675 g/mol. The van der Waals surface area contributed by atoms with Crippen LogP contribution in [0.15, 0.2) is 76.6 Å². The molecule has 2 aliphatic heterocycles. The average molecular weight is 676 g/mol. The molecule has 15 heteroatoms. The van der Waals surface area contributed by atoms with Crippen molar-refractivity contribution < 1.29 is 37.0 Å². The molecule has 4 aromatic rings. The maximum absolute atomic E-state index is 14.0. The van der Waals surface area contributed by atoms with Gasteiger partial charge in [-0.25, -0.2) is 4.90 Å². The molecule has 0 spiro atoms. The number of nitrogens with zero attached hydrogens (tertiary/aromatic N) is 1. The number of amides is 3. The van der Waals surface area contributed by atoms with E-state index in [1.807, 2.05) is 0 Å². The average Bonchev–Trinajstić information content (AvgIpc) is 3.50. The summed E-state index contributed by atoms with van der Waals surface area (Å²) in [6.45, 7) is -0.454. The molecule has 3 amide bonds. The van der Waals surface area contributed by atoms with Gasteiger partial charge < -0.3 is 19.8 Å². The number of hydrogen-bond donors (Lipinski definition) is 2. The molecule has 0 radical (unpaired) electrons. The molecule has 2 aliphatic rings. The van der Waals surface area contributed by atoms with Crippen LogP contribution in [0.25, 0.3) is 0 Å². The quantitative estimate of drug-likeness (QED) is 0.233. The maximum Gasteiger partial charge on any atom is 0.418 e. The molecule has 1 fully saturated rings. The molecule has 45 heavy (non-hydrogen) atoms. The Balaban J connectivity index is 1.36. The molecule has 0 saturated carbocycles. The molecule has 0 bridgehead atoms. The minimum Gasteiger partial charge on any atom is -0.497 e. The number of ether oxygens (including phenoxy) is 2. The molecule has 6 rings (SSSR count). The fourth-order valence-corrected chi connectivity index (χ4v) is 8.09. The lowest BCUT2D eigenvalue weighted by Gasteiger charge is -2.31. The topological polar surface area (TPSA) is 118 Å². The number of carbonyl (C=O) groups excluding carboxylic acids is 3. The standard InChI is InChI=1S/C30H21ClF3N3O6S2/c1-42-16-9-7-15(8-10-16)35-21(38)13-43-20-11-6-14(31)12-17(20)22-23-25(44-26-24(22)45-29(41)36-26)28(40)37(27(23)39)19-5-3-2-4-18(19)30(32,33)34/h2-12,22-23,25H,13H2,1H3,(H,35,38)(H,36,41)/t22-,23?,25?/m1/s1. The van der Waals surface area contributed by atoms with Crippen molar-refractivity contribution in [1.82, 2.24) is 4.98 Å². The Morgan fingerprint density at radius 3 is 2.49 bits per heavy atom. The number of alkyl halides is 3. The van der Waals surface area contributed by atoms with Crippen molar-refractivity contribution in [3.63, 3.8) is 0 Å². The summed E-state index contributed by atoms with van der Waals surface area (Å²) in [5.41, 5.74) is -0.935. The van der Waals surface area contributed by atoms with Crippen molar-refractivity contribution in [2.75, 3.05) is 23.9 Å². The van der Waals surface area contributed by atoms with Gasteiger partial charge in [-0.2, -0.15) is 13.2 Å². The van der Waals surface area contributed by atoms with E-state index in [2.05, 4.69) is 10.3 Å². The second kappa shape index (κ2) is 11.9. The third-order valence-corrected chi connectivity index (χ3v) is 9.95. The van der Waals surface area contributed by atoms with Crippen LogP contribution in [-0.2, 0) is 20.6 Å². The molecule has 1 saturated heterocycles. The van der Waals surface area contributed by atoms with Crippen LogP contribution >= 0.6 is 34.7 Å². The highest BCUT2D eigenvalue weighted by molar-refractivity contribution is 8.00. The lowest BCUT2D eigenvalue weighted by molar-refractivity contribution is -0.137. The van der Waals surface area contributed by atoms with Gasteiger partial charge in [-0.15, -0.1) is 0 Å². The summed E-state index contributed by atoms with van der Waals surface area (Å²) in [4.78, 5) is 56.2. The molecular weight excluding hydrogens is 655 g/mol. The first-order valence-corrected chi connectivity index (χ1v) is 15.3. The number of thiazole rings is 1. The van der Waals surface area contributed by atoms with E-state index in [1.54, 1.807) is 24.3 Å². The number of H-pyrrole nitrogens is 1. The van der Waals surface area contributed by atoms with Crippen molar-refractivity contribution in [2.24, 2.45) is 5.92 Å². The van der Waals surface area contributed by atoms with E-state index in [-0.39, 0.29) is 10.8 Å². The Morgan fingerprint density at radius 1 is 1.04 bits per heavy atom. The van der Waals surface area contributed by atoms with Gasteiger partial charge in [0.15, 0.2) is 6.61 Å². The Hall–Kier alpha value is -4.27. The third kappa shape index (κ3) is 5.80. The molecule has 232 valence electrons. The first-order valence-electron chi connectivity index (χ1n) is 13.3. The summed E-state index contributed by atoms with van der Waals surface area (Å²) in [6, 6.07) is 15.5. The van der Waals surface area contributed by atoms with Gasteiger partial charge in [-0.05, 0) is 54.6 Å². The van der Waals surface area contributed by atoms with Crippen LogP contribution in [0.3, 0.4) is 0 Å². The van der Waals surface area contributed by atoms with Crippen LogP contribution in [0.5, 0.6) is 11.5 Å². The molecule has 0 aliphatic carbocycles. The van der Waals surface area contributed by atoms with Crippen molar-refractivity contribution >= 4 is 63.8 Å². The number of benzene rings is 3. The largest absolute Gasteiger partial charge is 0.497 e. The fourth-order valence-electron chi connectivity index (χ4n) is 5.41. The Bertz CT molecular complexity index is 1880. The number of para-hydroxylation sites is 1. The van der Waals surface area contributed by atoms with Gasteiger partial charge in [0.05, 0.1) is 29.3 Å². The SMILES string of the molecule is COc1ccc(NC(=O)COc2ccc(Cl)cc2[C@H]2c3sc(=O)[nH]c3SC3C(=O)N(c4ccccc4C(F)(F)F)C(=O)C32)cc1. The van der Waals surface area contributed by atoms with Gasteiger partial charge in [-0.1, -0.05) is 46.8 Å². The van der Waals surface area contributed by atoms with Gasteiger partial charge >= 0.3 is 11.0 Å². The Labute approximate surface area is 266 Å². The number of rotatable bonds is 7. The Morgan fingerprint density at radius 2 is 1.78 bits per heavy atom. The van der Waals surface area contributed by atoms with Gasteiger partial charge in [0.2, 0.25) is 11.8 Å². The Kier molecular flexibility index (Phi) is 8.14. The normalized spacial score (nSPS) is 19.2. The lowest BCUT2D eigenvalue weighted by atomic mass is 9.82. The number of thioether (sulfide) groups is 1. The zero-order chi connectivity index (χ0) is 32.0. The van der Waals surface area contributed by atoms with Crippen molar-refractivity contribution in [3.8, 4) is 11.5 Å². The van der Waals surface area contributed by atoms with Crippen molar-refractivity contribution in [1.29, 1.82) is 0 Å². The summed E-state index contributed by atoms with van der Waals surface area (Å²) in [7, 11) is 1.52. The van der Waals surface area contributed by atoms with E-state index in [0.717, 1.165) is 35.2 Å². The van der Waals surface area contributed by atoms with E-state index in [4.69, 9.17) is 21.1 Å². The van der Waals surface area contributed by atoms with Gasteiger partial charge in [0.1, 0.15) is 16.7 Å². The number of carbonyl (C=O) groups is 3. The second-order valence-electron chi connectivity index (χ2n) is 10.0. The van der Waals surface area contributed by atoms with Crippen molar-refractivity contribution in [2.45, 2.75) is 22.4 Å². The molecular formula is C30H21ClF3N3O6S2. The predicted octanol–water partition coefficient (Wildman–Crippen LogP) is 5.93. The van der Waals surface area contributed by atoms with Gasteiger partial charge in [0, 0.05) is 27.1 Å². The number of halogens is 4. The number of nitrogens with one attached hydrogen (secondary N) is 2. The highest BCUT2D eigenvalue weighted by atomic mass is 35.5. The maximum atomic E-state index is 14.0. The van der Waals surface area contributed by atoms with E-state index < -0.39 is 63.7 Å². The summed E-state index contributed by atoms with van der Waals surface area (Å²) in [5, 5.41) is 2.08. The van der Waals surface area contributed by atoms with E-state index in [0.29, 0.717) is 31.8 Å². The second-order valence-corrected chi connectivity index (χ2v) is 12.6. The highest BCUT2D eigenvalue weighted by Crippen LogP contribution is 2.55. The lowest BCUT2D eigenvalue weighted by Crippen LogP contribution is -2.33. The molecule has 3 heterocycles. The molecule has 1 aromatic heterocycles. The number of imide groups is 1. The number of aromatic nitrogens is 1. The molecule has 9 nitrogen and oxygen atoms in total. The predicted molar refractivity (Wildman–Crippen MR) is 162 cm³/mol. The number of anilines is 2. The van der Waals surface area contributed by atoms with Crippen LogP contribution in [0.2, 0.25) is 5.02 Å². The van der Waals surface area contributed by atoms with Gasteiger partial charge in [-0.3, -0.25) is 19.2 Å². The summed E-state index contributed by atoms with van der Waals surface area (Å²) >= 11 is 8.09. The minimum atomic E-state index is -4.83. The highest BCUT2D eigenvalue weighted by Gasteiger charge is 2.57. The minimum absolute atomic E-state index is 0.140. The smallest absolute Gasteiger partial charge is 0.418 e. The number of hydrogen-bond acceptors (Lipinski definition) is 8. The zero-order valence-electron chi connectivity index (χ0n) is 23.0. The fraction of sp³-hybridized carbons (Fsp3) is 0.200. The zero-order valence-corrected chi connectivity index (χ0v) is 25.4. The van der Waals surface area contributed by atoms with E-state index in [9.17, 15) is 32.3 Å². The number of fused-ring (bicyclic) bond motifs is 2. The van der Waals surface area contributed by atoms with Crippen LogP contribution in [-0.4, -0.2) is 41.7 Å². The summed E-state index contributed by atoms with van der Waals surface area (Å²) < 4.78 is 52.8. The first kappa shape index (κ1) is 30.7. The van der Waals surface area contributed by atoms with Gasteiger partial charge in [0.25, 0.3) is 5.91 Å². The van der Waals surface area contributed by atoms with Crippen LogP contribution < -0.4 is 24.6 Å². The third-order valence-electron chi connectivity index (χ3n) is 7.31. The number of methoxy groups -OCH3 is 1. The van der Waals surface area contributed by atoms with Crippen LogP contribution in [0.4, 0.5) is 24.5 Å². The molecule has 2 unspecified atom stereocenters. The van der Waals surface area contributed by atoms with Crippen LogP contribution in [0.1, 0.15) is 21.9 Å². The van der Waals surface area contributed by atoms with E-state index >= 15 is 0 Å².